The van der Waals surface area contributed by atoms with E-state index >= 15 is 0 Å². The molecule has 15 atom stereocenters. The Morgan fingerprint density at radius 1 is 0.882 bits per heavy atom. The van der Waals surface area contributed by atoms with Crippen LogP contribution in [0.1, 0.15) is 20.3 Å². The van der Waals surface area contributed by atoms with Gasteiger partial charge in [-0.1, -0.05) is 0 Å². The Kier molecular flexibility index (Phi) is 9.25. The minimum Gasteiger partial charge on any atom is -0.391 e. The van der Waals surface area contributed by atoms with Crippen molar-refractivity contribution >= 4 is 21.7 Å². The predicted octanol–water partition coefficient (Wildman–Crippen LogP) is -4.86. The molecule has 2 heterocycles. The van der Waals surface area contributed by atoms with E-state index in [1.165, 1.54) is 6.92 Å². The quantitative estimate of drug-likeness (QED) is 0.152. The molecular weight excluding hydrogens is 474 g/mol. The fourth-order valence-corrected chi connectivity index (χ4v) is 4.88. The Bertz CT molecular complexity index is 758. The zero-order valence-electron chi connectivity index (χ0n) is 19.0. The van der Waals surface area contributed by atoms with E-state index in [-0.39, 0.29) is 6.42 Å². The molecule has 12 N–H and O–H groups in total. The van der Waals surface area contributed by atoms with Crippen LogP contribution >= 0.6 is 10.9 Å². The lowest BCUT2D eigenvalue weighted by Crippen LogP contribution is -2.68. The lowest BCUT2D eigenvalue weighted by molar-refractivity contribution is -0.314. The fourth-order valence-electron chi connectivity index (χ4n) is 4.52. The van der Waals surface area contributed by atoms with Crippen LogP contribution in [-0.2, 0) is 18.9 Å². The number of hydrogen-bond acceptors (Lipinski definition) is 13. The van der Waals surface area contributed by atoms with Crippen molar-refractivity contribution in [3.63, 3.8) is 0 Å². The summed E-state index contributed by atoms with van der Waals surface area (Å²) in [7, 11) is 1.11. The fraction of sp³-hybridized carbons (Fsp3) is 0.900. The molecule has 0 radical (unpaired) electrons. The maximum absolute atomic E-state index is 10.8. The van der Waals surface area contributed by atoms with Crippen molar-refractivity contribution in [2.45, 2.75) is 112 Å². The average molecular weight is 512 g/mol. The number of rotatable bonds is 6. The number of hydrogen-bond donors (Lipinski definition) is 9. The molecule has 7 unspecified atom stereocenters. The van der Waals surface area contributed by atoms with Crippen LogP contribution in [0.5, 0.6) is 0 Å². The highest BCUT2D eigenvalue weighted by Crippen LogP contribution is 2.32. The van der Waals surface area contributed by atoms with E-state index in [0.29, 0.717) is 4.86 Å². The number of ether oxygens (including phenoxy) is 4. The van der Waals surface area contributed by atoms with Crippen molar-refractivity contribution in [2.75, 3.05) is 0 Å². The van der Waals surface area contributed by atoms with Gasteiger partial charge in [-0.05, 0) is 26.1 Å². The molecule has 1 aliphatic carbocycles. The van der Waals surface area contributed by atoms with Crippen molar-refractivity contribution in [2.24, 2.45) is 17.2 Å². The summed E-state index contributed by atoms with van der Waals surface area (Å²) >= 11 is 0. The van der Waals surface area contributed by atoms with Gasteiger partial charge in [0.25, 0.3) is 0 Å². The van der Waals surface area contributed by atoms with Crippen LogP contribution in [0.25, 0.3) is 0 Å². The van der Waals surface area contributed by atoms with Gasteiger partial charge in [0.1, 0.15) is 48.8 Å². The Morgan fingerprint density at radius 2 is 1.50 bits per heavy atom. The highest BCUT2D eigenvalue weighted by molar-refractivity contribution is 7.96. The topological polar surface area (TPSA) is 236 Å². The summed E-state index contributed by atoms with van der Waals surface area (Å²) in [6, 6.07) is -2.78. The van der Waals surface area contributed by atoms with Crippen molar-refractivity contribution in [1.82, 2.24) is 0 Å². The molecule has 0 bridgehead atoms. The van der Waals surface area contributed by atoms with Crippen molar-refractivity contribution < 1.29 is 49.6 Å². The van der Waals surface area contributed by atoms with E-state index in [2.05, 4.69) is 5.87 Å². The Labute approximate surface area is 200 Å². The lowest BCUT2D eigenvalue weighted by atomic mass is 9.84. The second-order valence-electron chi connectivity index (χ2n) is 9.18. The average Bonchev–Trinajstić information content (AvgIpc) is 3.07. The molecule has 198 valence electrons. The van der Waals surface area contributed by atoms with Gasteiger partial charge in [0.15, 0.2) is 12.6 Å². The largest absolute Gasteiger partial charge is 0.391 e. The van der Waals surface area contributed by atoms with Crippen LogP contribution in [0.4, 0.5) is 0 Å². The van der Waals surface area contributed by atoms with Gasteiger partial charge >= 0.3 is 0 Å². The van der Waals surface area contributed by atoms with Gasteiger partial charge in [-0.3, -0.25) is 0 Å². The van der Waals surface area contributed by atoms with E-state index in [0.717, 1.165) is 10.9 Å². The summed E-state index contributed by atoms with van der Waals surface area (Å²) in [5.41, 5.74) is 18.3. The van der Waals surface area contributed by atoms with Crippen molar-refractivity contribution in [3.8, 4) is 0 Å². The van der Waals surface area contributed by atoms with Gasteiger partial charge in [0.05, 0.1) is 18.2 Å². The van der Waals surface area contributed by atoms with Crippen LogP contribution < -0.4 is 17.2 Å². The standard InChI is InChI=1S/C20H37N3O10S/c1-5(24)15-12(27)11(26)9(23)19(30-15)32-17-8(22)4-7(21)10(25)18(17)33-20-14(29)13(28)16(31-20)6(2)34-3/h5,7-20,24-29H,3-4,21-23H2,1-2H3/t5-,7-,8?,9?,10?,11?,12+,13?,14+,15?,16-,17-,18?,19-,20+/m1/s1. The van der Waals surface area contributed by atoms with Gasteiger partial charge in [0.2, 0.25) is 0 Å². The van der Waals surface area contributed by atoms with Gasteiger partial charge < -0.3 is 66.8 Å². The van der Waals surface area contributed by atoms with E-state index in [4.69, 9.17) is 36.1 Å². The third-order valence-corrected chi connectivity index (χ3v) is 7.35. The number of aliphatic hydroxyl groups excluding tert-OH is 6. The van der Waals surface area contributed by atoms with Gasteiger partial charge in [-0.15, -0.1) is 0 Å². The third-order valence-electron chi connectivity index (χ3n) is 6.66. The summed E-state index contributed by atoms with van der Waals surface area (Å²) in [5, 5.41) is 62.0. The first-order chi connectivity index (χ1) is 15.9. The van der Waals surface area contributed by atoms with E-state index in [1.54, 1.807) is 6.92 Å². The van der Waals surface area contributed by atoms with Crippen molar-refractivity contribution in [1.29, 1.82) is 0 Å². The molecule has 0 spiro atoms. The first-order valence-electron chi connectivity index (χ1n) is 11.1. The highest BCUT2D eigenvalue weighted by atomic mass is 32.1. The van der Waals surface area contributed by atoms with Crippen LogP contribution in [0.2, 0.25) is 0 Å². The SMILES string of the molecule is C=S=C(C)[C@H]1O[C@@H](OC2C(O)[C@H](N)CC(N)[C@H]2O[C@H]2OC([C@@H](C)O)[C@@H](O)C(O)C2N)[C@@H](O)C1O. The smallest absolute Gasteiger partial charge is 0.187 e. The molecule has 1 saturated carbocycles. The summed E-state index contributed by atoms with van der Waals surface area (Å²) in [4.78, 5) is 0.612. The van der Waals surface area contributed by atoms with Gasteiger partial charge in [-0.25, -0.2) is 0 Å². The minimum atomic E-state index is -1.47. The van der Waals surface area contributed by atoms with E-state index in [9.17, 15) is 30.6 Å². The zero-order chi connectivity index (χ0) is 25.5. The molecule has 2 saturated heterocycles. The number of aliphatic hydroxyl groups is 6. The molecular formula is C20H37N3O10S. The first kappa shape index (κ1) is 28.0. The maximum atomic E-state index is 10.8. The third kappa shape index (κ3) is 5.40. The Morgan fingerprint density at radius 3 is 2.09 bits per heavy atom. The predicted molar refractivity (Wildman–Crippen MR) is 123 cm³/mol. The summed E-state index contributed by atoms with van der Waals surface area (Å²) in [5.74, 6) is 3.67. The monoisotopic (exact) mass is 511 g/mol. The van der Waals surface area contributed by atoms with Crippen LogP contribution in [-0.4, -0.2) is 133 Å². The molecule has 14 heteroatoms. The molecule has 2 aliphatic heterocycles. The highest BCUT2D eigenvalue weighted by Gasteiger charge is 2.52. The first-order valence-corrected chi connectivity index (χ1v) is 12.1. The molecule has 3 rings (SSSR count). The normalized spacial score (nSPS) is 50.7. The molecule has 34 heavy (non-hydrogen) atoms. The Balaban J connectivity index is 1.81. The van der Waals surface area contributed by atoms with Crippen molar-refractivity contribution in [3.05, 3.63) is 0 Å². The van der Waals surface area contributed by atoms with Gasteiger partial charge in [0, 0.05) is 16.9 Å². The van der Waals surface area contributed by atoms with Crippen LogP contribution in [0, 0.1) is 0 Å². The summed E-state index contributed by atoms with van der Waals surface area (Å²) in [6.07, 6.45) is -15.0. The molecule has 0 aromatic carbocycles. The lowest BCUT2D eigenvalue weighted by Gasteiger charge is -2.47. The second kappa shape index (κ2) is 11.2. The minimum absolute atomic E-state index is 0.142. The maximum Gasteiger partial charge on any atom is 0.187 e. The van der Waals surface area contributed by atoms with Crippen LogP contribution in [0.3, 0.4) is 0 Å². The molecule has 0 amide bonds. The summed E-state index contributed by atoms with van der Waals surface area (Å²) in [6.45, 7) is 3.06. The number of nitrogens with two attached hydrogens (primary N) is 3. The molecule has 0 aromatic heterocycles. The molecule has 3 aliphatic rings. The molecule has 3 fully saturated rings. The van der Waals surface area contributed by atoms with Crippen LogP contribution in [0.15, 0.2) is 0 Å². The molecule has 0 aromatic rings. The second-order valence-corrected chi connectivity index (χ2v) is 10.1. The van der Waals surface area contributed by atoms with E-state index < -0.39 is 91.7 Å². The Hall–Kier alpha value is -0.560. The zero-order valence-corrected chi connectivity index (χ0v) is 19.8. The van der Waals surface area contributed by atoms with Gasteiger partial charge in [-0.2, -0.15) is 10.9 Å². The van der Waals surface area contributed by atoms with E-state index in [1.807, 2.05) is 0 Å². The summed E-state index contributed by atoms with van der Waals surface area (Å²) < 4.78 is 23.1. The molecule has 13 nitrogen and oxygen atoms in total.